The van der Waals surface area contributed by atoms with Crippen molar-refractivity contribution < 1.29 is 10.2 Å². The van der Waals surface area contributed by atoms with Crippen LogP contribution < -0.4 is 5.73 Å². The summed E-state index contributed by atoms with van der Waals surface area (Å²) in [6, 6.07) is 0. The van der Waals surface area contributed by atoms with Crippen LogP contribution in [0.2, 0.25) is 0 Å². The molecule has 0 rings (SSSR count). The Morgan fingerprint density at radius 1 is 1.33 bits per heavy atom. The second-order valence-corrected chi connectivity index (χ2v) is 2.34. The molecule has 0 aromatic carbocycles. The molecule has 0 atom stereocenters. The van der Waals surface area contributed by atoms with E-state index in [2.05, 4.69) is 0 Å². The lowest BCUT2D eigenvalue weighted by Gasteiger charge is -2.13. The second kappa shape index (κ2) is 3.82. The maximum absolute atomic E-state index is 8.58. The van der Waals surface area contributed by atoms with Crippen molar-refractivity contribution in [1.82, 2.24) is 0 Å². The third-order valence-corrected chi connectivity index (χ3v) is 1.15. The highest BCUT2D eigenvalue weighted by Crippen LogP contribution is 2.05. The molecular weight excluding hydrogens is 118 g/mol. The first-order valence-electron chi connectivity index (χ1n) is 3.30. The molecule has 3 heteroatoms. The molecule has 56 valence electrons. The van der Waals surface area contributed by atoms with Crippen LogP contribution >= 0.6 is 0 Å². The number of aliphatic hydroxyl groups is 2. The van der Waals surface area contributed by atoms with Gasteiger partial charge in [0.15, 0.2) is 0 Å². The summed E-state index contributed by atoms with van der Waals surface area (Å²) in [5.41, 5.74) is 4.89. The average Bonchev–Trinajstić information content (AvgIpc) is 1.63. The standard InChI is InChI=1S/C6H15NO2/c1-2-3-4-5-6(7,8)9/h8-9H,2-5,7H2,1H3. The summed E-state index contributed by atoms with van der Waals surface area (Å²) in [7, 11) is 0. The molecule has 0 heterocycles. The summed E-state index contributed by atoms with van der Waals surface area (Å²) >= 11 is 0. The van der Waals surface area contributed by atoms with Gasteiger partial charge in [-0.1, -0.05) is 19.8 Å². The molecule has 0 amide bonds. The first kappa shape index (κ1) is 8.88. The summed E-state index contributed by atoms with van der Waals surface area (Å²) < 4.78 is 0. The van der Waals surface area contributed by atoms with Crippen molar-refractivity contribution in [2.24, 2.45) is 5.73 Å². The van der Waals surface area contributed by atoms with E-state index >= 15 is 0 Å². The van der Waals surface area contributed by atoms with Gasteiger partial charge in [-0.15, -0.1) is 0 Å². The van der Waals surface area contributed by atoms with Gasteiger partial charge in [0.2, 0.25) is 5.91 Å². The van der Waals surface area contributed by atoms with Crippen LogP contribution in [-0.4, -0.2) is 16.1 Å². The molecule has 0 radical (unpaired) electrons. The van der Waals surface area contributed by atoms with Gasteiger partial charge < -0.3 is 10.2 Å². The minimum atomic E-state index is -1.95. The number of unbranched alkanes of at least 4 members (excludes halogenated alkanes) is 2. The largest absolute Gasteiger partial charge is 0.354 e. The maximum atomic E-state index is 8.58. The van der Waals surface area contributed by atoms with Gasteiger partial charge in [-0.05, 0) is 6.42 Å². The Hall–Kier alpha value is -0.120. The van der Waals surface area contributed by atoms with Crippen LogP contribution in [0, 0.1) is 0 Å². The lowest BCUT2D eigenvalue weighted by molar-refractivity contribution is -0.160. The van der Waals surface area contributed by atoms with E-state index in [4.69, 9.17) is 15.9 Å². The van der Waals surface area contributed by atoms with Gasteiger partial charge >= 0.3 is 0 Å². The van der Waals surface area contributed by atoms with Gasteiger partial charge in [0, 0.05) is 6.42 Å². The number of hydrogen-bond acceptors (Lipinski definition) is 3. The monoisotopic (exact) mass is 133 g/mol. The fraction of sp³-hybridized carbons (Fsp3) is 1.00. The van der Waals surface area contributed by atoms with Crippen LogP contribution in [0.4, 0.5) is 0 Å². The zero-order chi connectivity index (χ0) is 7.33. The van der Waals surface area contributed by atoms with Crippen molar-refractivity contribution >= 4 is 0 Å². The number of rotatable bonds is 4. The highest BCUT2D eigenvalue weighted by atomic mass is 16.5. The van der Waals surface area contributed by atoms with Crippen LogP contribution in [-0.2, 0) is 0 Å². The van der Waals surface area contributed by atoms with Crippen LogP contribution in [0.25, 0.3) is 0 Å². The van der Waals surface area contributed by atoms with Crippen molar-refractivity contribution in [2.45, 2.75) is 38.5 Å². The Balaban J connectivity index is 3.07. The van der Waals surface area contributed by atoms with E-state index in [0.29, 0.717) is 0 Å². The quantitative estimate of drug-likeness (QED) is 0.378. The number of nitrogens with two attached hydrogens (primary N) is 1. The number of hydrogen-bond donors (Lipinski definition) is 3. The van der Waals surface area contributed by atoms with Crippen molar-refractivity contribution in [3.63, 3.8) is 0 Å². The minimum Gasteiger partial charge on any atom is -0.354 e. The predicted octanol–water partition coefficient (Wildman–Crippen LogP) is 0.164. The van der Waals surface area contributed by atoms with Crippen molar-refractivity contribution in [3.05, 3.63) is 0 Å². The summed E-state index contributed by atoms with van der Waals surface area (Å²) in [4.78, 5) is 0. The maximum Gasteiger partial charge on any atom is 0.219 e. The molecule has 0 saturated heterocycles. The van der Waals surface area contributed by atoms with E-state index < -0.39 is 5.91 Å². The molecule has 0 bridgehead atoms. The van der Waals surface area contributed by atoms with E-state index in [0.717, 1.165) is 19.3 Å². The zero-order valence-electron chi connectivity index (χ0n) is 5.80. The van der Waals surface area contributed by atoms with Gasteiger partial charge in [0.05, 0.1) is 0 Å². The SMILES string of the molecule is CCCCCC(N)(O)O. The molecule has 0 spiro atoms. The van der Waals surface area contributed by atoms with Gasteiger partial charge in [-0.25, -0.2) is 0 Å². The minimum absolute atomic E-state index is 0.265. The molecule has 9 heavy (non-hydrogen) atoms. The molecule has 0 unspecified atom stereocenters. The first-order chi connectivity index (χ1) is 4.06. The molecule has 0 aliphatic rings. The zero-order valence-corrected chi connectivity index (χ0v) is 5.80. The normalized spacial score (nSPS) is 12.0. The van der Waals surface area contributed by atoms with Gasteiger partial charge in [-0.2, -0.15) is 0 Å². The predicted molar refractivity (Wildman–Crippen MR) is 35.5 cm³/mol. The smallest absolute Gasteiger partial charge is 0.219 e. The van der Waals surface area contributed by atoms with Crippen molar-refractivity contribution in [1.29, 1.82) is 0 Å². The molecule has 4 N–H and O–H groups in total. The van der Waals surface area contributed by atoms with Gasteiger partial charge in [0.1, 0.15) is 0 Å². The molecule has 0 aromatic rings. The molecule has 0 aliphatic heterocycles. The fourth-order valence-corrected chi connectivity index (χ4v) is 0.635. The summed E-state index contributed by atoms with van der Waals surface area (Å²) in [6.45, 7) is 2.05. The molecule has 3 nitrogen and oxygen atoms in total. The van der Waals surface area contributed by atoms with E-state index in [9.17, 15) is 0 Å². The lowest BCUT2D eigenvalue weighted by atomic mass is 10.2. The average molecular weight is 133 g/mol. The van der Waals surface area contributed by atoms with E-state index in [1.807, 2.05) is 6.92 Å². The van der Waals surface area contributed by atoms with Crippen LogP contribution in [0.15, 0.2) is 0 Å². The molecule has 0 aliphatic carbocycles. The van der Waals surface area contributed by atoms with Crippen LogP contribution in [0.1, 0.15) is 32.6 Å². The van der Waals surface area contributed by atoms with Crippen LogP contribution in [0.3, 0.4) is 0 Å². The highest BCUT2D eigenvalue weighted by molar-refractivity contribution is 4.53. The third-order valence-electron chi connectivity index (χ3n) is 1.15. The van der Waals surface area contributed by atoms with Gasteiger partial charge in [0.25, 0.3) is 0 Å². The Morgan fingerprint density at radius 2 is 1.89 bits per heavy atom. The molecule has 0 aromatic heterocycles. The Kier molecular flexibility index (Phi) is 3.77. The second-order valence-electron chi connectivity index (χ2n) is 2.34. The van der Waals surface area contributed by atoms with Crippen molar-refractivity contribution in [3.8, 4) is 0 Å². The Bertz CT molecular complexity index is 67.9. The lowest BCUT2D eigenvalue weighted by Crippen LogP contribution is -2.38. The fourth-order valence-electron chi connectivity index (χ4n) is 0.635. The van der Waals surface area contributed by atoms with Crippen molar-refractivity contribution in [2.75, 3.05) is 0 Å². The third kappa shape index (κ3) is 7.88. The molecular formula is C6H15NO2. The first-order valence-corrected chi connectivity index (χ1v) is 3.30. The molecule has 0 saturated carbocycles. The Labute approximate surface area is 55.5 Å². The highest BCUT2D eigenvalue weighted by Gasteiger charge is 2.13. The summed E-state index contributed by atoms with van der Waals surface area (Å²) in [6.07, 6.45) is 3.11. The Morgan fingerprint density at radius 3 is 2.22 bits per heavy atom. The summed E-state index contributed by atoms with van der Waals surface area (Å²) in [5.74, 6) is -1.95. The topological polar surface area (TPSA) is 66.5 Å². The van der Waals surface area contributed by atoms with E-state index in [1.54, 1.807) is 0 Å². The van der Waals surface area contributed by atoms with Crippen LogP contribution in [0.5, 0.6) is 0 Å². The summed E-state index contributed by atoms with van der Waals surface area (Å²) in [5, 5.41) is 17.2. The van der Waals surface area contributed by atoms with E-state index in [1.165, 1.54) is 0 Å². The van der Waals surface area contributed by atoms with Gasteiger partial charge in [-0.3, -0.25) is 5.73 Å². The van der Waals surface area contributed by atoms with E-state index in [-0.39, 0.29) is 6.42 Å². The molecule has 0 fully saturated rings.